The van der Waals surface area contributed by atoms with E-state index in [0.29, 0.717) is 6.54 Å². The standard InChI is InChI=1S/C16H16F2N4O2/c17-16(18)23-13-4-3-12(10-14(13)24-16)11-21-6-8-22(9-7-21)15-2-1-5-19-20-15/h1-5,10H,6-9,11H2. The fourth-order valence-corrected chi connectivity index (χ4v) is 2.95. The lowest BCUT2D eigenvalue weighted by molar-refractivity contribution is -0.286. The van der Waals surface area contributed by atoms with Crippen LogP contribution in [0.1, 0.15) is 5.56 Å². The summed E-state index contributed by atoms with van der Waals surface area (Å²) in [6, 6.07) is 8.75. The van der Waals surface area contributed by atoms with Crippen molar-refractivity contribution in [1.82, 2.24) is 15.1 Å². The number of nitrogens with zero attached hydrogens (tertiary/aromatic N) is 4. The van der Waals surface area contributed by atoms with Crippen molar-refractivity contribution in [2.45, 2.75) is 12.8 Å². The van der Waals surface area contributed by atoms with Crippen LogP contribution in [0.5, 0.6) is 11.5 Å². The Kier molecular flexibility index (Phi) is 3.68. The fourth-order valence-electron chi connectivity index (χ4n) is 2.95. The molecule has 8 heteroatoms. The summed E-state index contributed by atoms with van der Waals surface area (Å²) in [5.41, 5.74) is 0.919. The number of benzene rings is 1. The van der Waals surface area contributed by atoms with E-state index in [2.05, 4.69) is 29.5 Å². The van der Waals surface area contributed by atoms with E-state index >= 15 is 0 Å². The van der Waals surface area contributed by atoms with Gasteiger partial charge >= 0.3 is 6.29 Å². The molecule has 0 radical (unpaired) electrons. The van der Waals surface area contributed by atoms with Crippen molar-refractivity contribution in [3.63, 3.8) is 0 Å². The highest BCUT2D eigenvalue weighted by Crippen LogP contribution is 2.41. The lowest BCUT2D eigenvalue weighted by Crippen LogP contribution is -2.46. The number of rotatable bonds is 3. The number of hydrogen-bond donors (Lipinski definition) is 0. The second kappa shape index (κ2) is 5.86. The molecule has 0 unspecified atom stereocenters. The zero-order valence-corrected chi connectivity index (χ0v) is 12.9. The van der Waals surface area contributed by atoms with Crippen molar-refractivity contribution in [1.29, 1.82) is 0 Å². The van der Waals surface area contributed by atoms with Crippen LogP contribution in [-0.4, -0.2) is 47.6 Å². The van der Waals surface area contributed by atoms with Gasteiger partial charge in [0.15, 0.2) is 17.3 Å². The van der Waals surface area contributed by atoms with Gasteiger partial charge in [-0.3, -0.25) is 4.90 Å². The van der Waals surface area contributed by atoms with E-state index in [1.807, 2.05) is 12.1 Å². The summed E-state index contributed by atoms with van der Waals surface area (Å²) < 4.78 is 35.0. The quantitative estimate of drug-likeness (QED) is 0.857. The predicted octanol–water partition coefficient (Wildman–Crippen LogP) is 2.12. The molecular weight excluding hydrogens is 318 g/mol. The molecule has 1 saturated heterocycles. The molecule has 1 aromatic heterocycles. The Morgan fingerprint density at radius 2 is 1.83 bits per heavy atom. The normalized spacial score (nSPS) is 19.5. The maximum atomic E-state index is 13.1. The van der Waals surface area contributed by atoms with Gasteiger partial charge in [0.05, 0.1) is 0 Å². The van der Waals surface area contributed by atoms with Crippen molar-refractivity contribution in [2.75, 3.05) is 31.1 Å². The summed E-state index contributed by atoms with van der Waals surface area (Å²) in [7, 11) is 0. The lowest BCUT2D eigenvalue weighted by atomic mass is 10.1. The fraction of sp³-hybridized carbons (Fsp3) is 0.375. The topological polar surface area (TPSA) is 50.7 Å². The van der Waals surface area contributed by atoms with E-state index < -0.39 is 6.29 Å². The van der Waals surface area contributed by atoms with Crippen LogP contribution in [0, 0.1) is 0 Å². The molecule has 0 spiro atoms. The molecule has 6 nitrogen and oxygen atoms in total. The van der Waals surface area contributed by atoms with E-state index in [0.717, 1.165) is 37.6 Å². The monoisotopic (exact) mass is 334 g/mol. The summed E-state index contributed by atoms with van der Waals surface area (Å²) in [4.78, 5) is 4.45. The second-order valence-electron chi connectivity index (χ2n) is 5.79. The first-order valence-electron chi connectivity index (χ1n) is 7.73. The summed E-state index contributed by atoms with van der Waals surface area (Å²) in [6.45, 7) is 4.10. The SMILES string of the molecule is FC1(F)Oc2ccc(CN3CCN(c4cccnn4)CC3)cc2O1. The minimum absolute atomic E-state index is 0.0798. The van der Waals surface area contributed by atoms with Crippen LogP contribution in [0.4, 0.5) is 14.6 Å². The Labute approximate surface area is 137 Å². The third-order valence-electron chi connectivity index (χ3n) is 4.13. The van der Waals surface area contributed by atoms with E-state index in [1.165, 1.54) is 6.07 Å². The Hall–Kier alpha value is -2.48. The molecule has 1 fully saturated rings. The van der Waals surface area contributed by atoms with Gasteiger partial charge in [0.2, 0.25) is 0 Å². The van der Waals surface area contributed by atoms with Gasteiger partial charge in [-0.05, 0) is 29.8 Å². The summed E-state index contributed by atoms with van der Waals surface area (Å²) in [5.74, 6) is 1.05. The molecule has 3 heterocycles. The largest absolute Gasteiger partial charge is 0.586 e. The first-order chi connectivity index (χ1) is 11.6. The van der Waals surface area contributed by atoms with E-state index in [1.54, 1.807) is 18.3 Å². The zero-order chi connectivity index (χ0) is 16.6. The van der Waals surface area contributed by atoms with Crippen LogP contribution in [0.2, 0.25) is 0 Å². The molecule has 2 aliphatic heterocycles. The Bertz CT molecular complexity index is 721. The summed E-state index contributed by atoms with van der Waals surface area (Å²) in [5, 5.41) is 8.02. The first kappa shape index (κ1) is 15.1. The van der Waals surface area contributed by atoms with Crippen LogP contribution >= 0.6 is 0 Å². The molecule has 2 aromatic rings. The zero-order valence-electron chi connectivity index (χ0n) is 12.9. The number of halogens is 2. The molecule has 0 aliphatic carbocycles. The maximum Gasteiger partial charge on any atom is 0.586 e. The van der Waals surface area contributed by atoms with Gasteiger partial charge in [-0.25, -0.2) is 0 Å². The minimum Gasteiger partial charge on any atom is -0.395 e. The molecular formula is C16H16F2N4O2. The van der Waals surface area contributed by atoms with Crippen LogP contribution in [0.25, 0.3) is 0 Å². The van der Waals surface area contributed by atoms with Crippen molar-refractivity contribution in [3.8, 4) is 11.5 Å². The minimum atomic E-state index is -3.57. The van der Waals surface area contributed by atoms with E-state index in [4.69, 9.17) is 0 Å². The van der Waals surface area contributed by atoms with Crippen LogP contribution in [-0.2, 0) is 6.54 Å². The molecule has 1 aromatic carbocycles. The maximum absolute atomic E-state index is 13.1. The van der Waals surface area contributed by atoms with Crippen molar-refractivity contribution in [2.24, 2.45) is 0 Å². The summed E-state index contributed by atoms with van der Waals surface area (Å²) in [6.07, 6.45) is -1.91. The molecule has 0 N–H and O–H groups in total. The lowest BCUT2D eigenvalue weighted by Gasteiger charge is -2.35. The first-order valence-corrected chi connectivity index (χ1v) is 7.73. The smallest absolute Gasteiger partial charge is 0.395 e. The van der Waals surface area contributed by atoms with E-state index in [-0.39, 0.29) is 11.5 Å². The molecule has 126 valence electrons. The highest BCUT2D eigenvalue weighted by molar-refractivity contribution is 5.45. The van der Waals surface area contributed by atoms with Gasteiger partial charge in [0.1, 0.15) is 0 Å². The highest BCUT2D eigenvalue weighted by Gasteiger charge is 2.43. The molecule has 0 bridgehead atoms. The molecule has 4 rings (SSSR count). The molecule has 2 aliphatic rings. The number of alkyl halides is 2. The average molecular weight is 334 g/mol. The average Bonchev–Trinajstić information content (AvgIpc) is 2.89. The van der Waals surface area contributed by atoms with E-state index in [9.17, 15) is 8.78 Å². The third-order valence-corrected chi connectivity index (χ3v) is 4.13. The molecule has 0 amide bonds. The van der Waals surface area contributed by atoms with Crippen molar-refractivity contribution in [3.05, 3.63) is 42.1 Å². The van der Waals surface area contributed by atoms with Crippen LogP contribution < -0.4 is 14.4 Å². The van der Waals surface area contributed by atoms with Gasteiger partial charge in [-0.15, -0.1) is 13.9 Å². The summed E-state index contributed by atoms with van der Waals surface area (Å²) >= 11 is 0. The van der Waals surface area contributed by atoms with Gasteiger partial charge < -0.3 is 14.4 Å². The predicted molar refractivity (Wildman–Crippen MR) is 82.2 cm³/mol. The number of ether oxygens (including phenoxy) is 2. The van der Waals surface area contributed by atoms with Crippen molar-refractivity contribution < 1.29 is 18.3 Å². The molecule has 24 heavy (non-hydrogen) atoms. The van der Waals surface area contributed by atoms with Crippen LogP contribution in [0.15, 0.2) is 36.5 Å². The van der Waals surface area contributed by atoms with Crippen LogP contribution in [0.3, 0.4) is 0 Å². The van der Waals surface area contributed by atoms with Gasteiger partial charge in [0, 0.05) is 38.9 Å². The highest BCUT2D eigenvalue weighted by atomic mass is 19.3. The van der Waals surface area contributed by atoms with Gasteiger partial charge in [0.25, 0.3) is 0 Å². The Morgan fingerprint density at radius 3 is 2.58 bits per heavy atom. The van der Waals surface area contributed by atoms with Gasteiger partial charge in [-0.1, -0.05) is 6.07 Å². The second-order valence-corrected chi connectivity index (χ2v) is 5.79. The van der Waals surface area contributed by atoms with Gasteiger partial charge in [-0.2, -0.15) is 5.10 Å². The number of aromatic nitrogens is 2. The molecule has 0 atom stereocenters. The Morgan fingerprint density at radius 1 is 1.04 bits per heavy atom. The number of anilines is 1. The third kappa shape index (κ3) is 3.09. The Balaban J connectivity index is 1.36. The van der Waals surface area contributed by atoms with Crippen molar-refractivity contribution >= 4 is 5.82 Å². The molecule has 0 saturated carbocycles. The number of fused-ring (bicyclic) bond motifs is 1. The number of hydrogen-bond acceptors (Lipinski definition) is 6. The number of piperazine rings is 1.